The van der Waals surface area contributed by atoms with E-state index in [-0.39, 0.29) is 6.61 Å². The monoisotopic (exact) mass is 162 g/mol. The Labute approximate surface area is 63.2 Å². The van der Waals surface area contributed by atoms with Crippen molar-refractivity contribution in [3.8, 4) is 0 Å². The average molecular weight is 162 g/mol. The average Bonchev–Trinajstić information content (AvgIpc) is 2.23. The van der Waals surface area contributed by atoms with Crippen LogP contribution in [-0.2, 0) is 9.47 Å². The van der Waals surface area contributed by atoms with Crippen LogP contribution < -0.4 is 0 Å². The van der Waals surface area contributed by atoms with E-state index in [0.717, 1.165) is 0 Å². The van der Waals surface area contributed by atoms with Crippen LogP contribution in [0.4, 0.5) is 0 Å². The van der Waals surface area contributed by atoms with Crippen molar-refractivity contribution < 1.29 is 24.8 Å². The highest BCUT2D eigenvalue weighted by molar-refractivity contribution is 4.94. The molecule has 0 spiro atoms. The molecule has 0 aliphatic carbocycles. The van der Waals surface area contributed by atoms with E-state index in [1.807, 2.05) is 0 Å². The summed E-state index contributed by atoms with van der Waals surface area (Å²) >= 11 is 0. The molecule has 11 heavy (non-hydrogen) atoms. The normalized spacial score (nSPS) is 56.5. The summed E-state index contributed by atoms with van der Waals surface area (Å²) in [5.41, 5.74) is 0. The van der Waals surface area contributed by atoms with Crippen LogP contribution in [0.1, 0.15) is 0 Å². The number of fused-ring (bicyclic) bond motifs is 2. The van der Waals surface area contributed by atoms with Gasteiger partial charge in [0.2, 0.25) is 0 Å². The number of aliphatic hydroxyl groups excluding tert-OH is 3. The molecule has 0 amide bonds. The Balaban J connectivity index is 2.16. The minimum Gasteiger partial charge on any atom is -0.387 e. The molecule has 2 aliphatic rings. The molecule has 0 saturated carbocycles. The molecule has 5 heteroatoms. The molecule has 64 valence electrons. The molecule has 5 nitrogen and oxygen atoms in total. The van der Waals surface area contributed by atoms with Crippen molar-refractivity contribution in [1.29, 1.82) is 0 Å². The zero-order valence-electron chi connectivity index (χ0n) is 5.75. The van der Waals surface area contributed by atoms with Crippen molar-refractivity contribution >= 4 is 0 Å². The van der Waals surface area contributed by atoms with Gasteiger partial charge >= 0.3 is 0 Å². The highest BCUT2D eigenvalue weighted by atomic mass is 16.7. The largest absolute Gasteiger partial charge is 0.387 e. The van der Waals surface area contributed by atoms with Crippen molar-refractivity contribution in [2.75, 3.05) is 6.61 Å². The Morgan fingerprint density at radius 2 is 1.82 bits per heavy atom. The van der Waals surface area contributed by atoms with Crippen molar-refractivity contribution in [1.82, 2.24) is 0 Å². The number of hydrogen-bond acceptors (Lipinski definition) is 5. The Morgan fingerprint density at radius 1 is 1.09 bits per heavy atom. The van der Waals surface area contributed by atoms with Crippen LogP contribution in [0.5, 0.6) is 0 Å². The van der Waals surface area contributed by atoms with Gasteiger partial charge in [-0.15, -0.1) is 0 Å². The number of rotatable bonds is 0. The smallest absolute Gasteiger partial charge is 0.184 e. The summed E-state index contributed by atoms with van der Waals surface area (Å²) < 4.78 is 9.82. The van der Waals surface area contributed by atoms with E-state index >= 15 is 0 Å². The SMILES string of the molecule is OC1O[C@H]2CO[C@@H]([C@H]2O)[C@H]1O. The summed E-state index contributed by atoms with van der Waals surface area (Å²) in [6.07, 6.45) is -4.35. The third-order valence-electron chi connectivity index (χ3n) is 2.11. The van der Waals surface area contributed by atoms with Crippen molar-refractivity contribution in [3.63, 3.8) is 0 Å². The van der Waals surface area contributed by atoms with Crippen LogP contribution in [0.25, 0.3) is 0 Å². The number of hydrogen-bond donors (Lipinski definition) is 3. The molecular weight excluding hydrogens is 152 g/mol. The second kappa shape index (κ2) is 2.40. The van der Waals surface area contributed by atoms with E-state index < -0.39 is 30.7 Å². The third kappa shape index (κ3) is 0.969. The molecule has 2 bridgehead atoms. The van der Waals surface area contributed by atoms with Crippen LogP contribution in [0.2, 0.25) is 0 Å². The van der Waals surface area contributed by atoms with E-state index in [1.165, 1.54) is 0 Å². The summed E-state index contributed by atoms with van der Waals surface area (Å²) in [4.78, 5) is 0. The summed E-state index contributed by atoms with van der Waals surface area (Å²) in [7, 11) is 0. The molecule has 0 aromatic heterocycles. The second-order valence-electron chi connectivity index (χ2n) is 2.84. The Kier molecular flexibility index (Phi) is 1.62. The van der Waals surface area contributed by atoms with Crippen LogP contribution in [0.3, 0.4) is 0 Å². The molecule has 3 N–H and O–H groups in total. The maximum absolute atomic E-state index is 9.28. The van der Waals surface area contributed by atoms with E-state index in [4.69, 9.17) is 14.6 Å². The molecule has 2 fully saturated rings. The summed E-state index contributed by atoms with van der Waals surface area (Å²) in [6.45, 7) is 0.236. The van der Waals surface area contributed by atoms with E-state index in [2.05, 4.69) is 0 Å². The molecule has 2 rings (SSSR count). The van der Waals surface area contributed by atoms with Crippen LogP contribution in [0, 0.1) is 0 Å². The first-order valence-corrected chi connectivity index (χ1v) is 3.51. The van der Waals surface area contributed by atoms with E-state index in [0.29, 0.717) is 0 Å². The summed E-state index contributed by atoms with van der Waals surface area (Å²) in [5.74, 6) is 0. The predicted molar refractivity (Wildman–Crippen MR) is 32.6 cm³/mol. The highest BCUT2D eigenvalue weighted by Gasteiger charge is 2.49. The third-order valence-corrected chi connectivity index (χ3v) is 2.11. The molecule has 2 aliphatic heterocycles. The Morgan fingerprint density at radius 3 is 2.55 bits per heavy atom. The van der Waals surface area contributed by atoms with Gasteiger partial charge in [-0.3, -0.25) is 0 Å². The topological polar surface area (TPSA) is 79.2 Å². The second-order valence-corrected chi connectivity index (χ2v) is 2.84. The molecule has 0 aromatic rings. The van der Waals surface area contributed by atoms with Gasteiger partial charge in [-0.25, -0.2) is 0 Å². The minimum absolute atomic E-state index is 0.236. The first-order chi connectivity index (χ1) is 5.20. The molecule has 5 atom stereocenters. The van der Waals surface area contributed by atoms with Gasteiger partial charge in [0.25, 0.3) is 0 Å². The maximum atomic E-state index is 9.28. The first kappa shape index (κ1) is 7.45. The standard InChI is InChI=1S/C6H10O5/c7-3-2-1-10-5(3)4(8)6(9)11-2/h2-9H,1H2/t2-,3-,4+,5-,6?/m0/s1. The lowest BCUT2D eigenvalue weighted by atomic mass is 10.0. The Hall–Kier alpha value is -0.200. The van der Waals surface area contributed by atoms with Crippen molar-refractivity contribution in [3.05, 3.63) is 0 Å². The van der Waals surface area contributed by atoms with Gasteiger partial charge in [-0.05, 0) is 0 Å². The Bertz CT molecular complexity index is 161. The summed E-state index contributed by atoms with van der Waals surface area (Å²) in [6, 6.07) is 0. The molecule has 2 saturated heterocycles. The first-order valence-electron chi connectivity index (χ1n) is 3.51. The molecule has 2 heterocycles. The highest BCUT2D eigenvalue weighted by Crippen LogP contribution is 2.28. The number of ether oxygens (including phenoxy) is 2. The zero-order chi connectivity index (χ0) is 8.01. The molecule has 1 unspecified atom stereocenters. The van der Waals surface area contributed by atoms with Crippen molar-refractivity contribution in [2.24, 2.45) is 0 Å². The maximum Gasteiger partial charge on any atom is 0.184 e. The fourth-order valence-electron chi connectivity index (χ4n) is 1.46. The van der Waals surface area contributed by atoms with Gasteiger partial charge < -0.3 is 24.8 Å². The van der Waals surface area contributed by atoms with Crippen LogP contribution in [0.15, 0.2) is 0 Å². The minimum atomic E-state index is -1.23. The molecular formula is C6H10O5. The van der Waals surface area contributed by atoms with Crippen LogP contribution >= 0.6 is 0 Å². The zero-order valence-corrected chi connectivity index (χ0v) is 5.75. The number of aliphatic hydroxyl groups is 3. The van der Waals surface area contributed by atoms with E-state index in [9.17, 15) is 10.2 Å². The quantitative estimate of drug-likeness (QED) is 0.377. The molecule has 0 aromatic carbocycles. The van der Waals surface area contributed by atoms with Gasteiger partial charge in [0.1, 0.15) is 24.4 Å². The lowest BCUT2D eigenvalue weighted by molar-refractivity contribution is -0.242. The summed E-state index contributed by atoms with van der Waals surface area (Å²) in [5, 5.41) is 27.5. The van der Waals surface area contributed by atoms with Gasteiger partial charge in [-0.1, -0.05) is 0 Å². The fraction of sp³-hybridized carbons (Fsp3) is 1.00. The van der Waals surface area contributed by atoms with Crippen LogP contribution in [-0.4, -0.2) is 52.6 Å². The lowest BCUT2D eigenvalue weighted by Crippen LogP contribution is -2.52. The van der Waals surface area contributed by atoms with Gasteiger partial charge in [0.15, 0.2) is 6.29 Å². The lowest BCUT2D eigenvalue weighted by Gasteiger charge is -2.31. The van der Waals surface area contributed by atoms with E-state index in [1.54, 1.807) is 0 Å². The van der Waals surface area contributed by atoms with Gasteiger partial charge in [0, 0.05) is 0 Å². The fourth-order valence-corrected chi connectivity index (χ4v) is 1.46. The molecule has 0 radical (unpaired) electrons. The van der Waals surface area contributed by atoms with Gasteiger partial charge in [-0.2, -0.15) is 0 Å². The van der Waals surface area contributed by atoms with Gasteiger partial charge in [0.05, 0.1) is 6.61 Å². The predicted octanol–water partition coefficient (Wildman–Crippen LogP) is -2.18. The van der Waals surface area contributed by atoms with Crippen molar-refractivity contribution in [2.45, 2.75) is 30.7 Å².